The average molecular weight is 463 g/mol. The Hall–Kier alpha value is -4.15. The first-order chi connectivity index (χ1) is 15.7. The van der Waals surface area contributed by atoms with E-state index >= 15 is 0 Å². The molecule has 11 heteroatoms. The molecule has 0 fully saturated rings. The predicted molar refractivity (Wildman–Crippen MR) is 108 cm³/mol. The molecule has 4 aromatic rings. The molecular formula is C22H14F5N3O3. The third-order valence-electron chi connectivity index (χ3n) is 4.44. The Balaban J connectivity index is 1.47. The third-order valence-corrected chi connectivity index (χ3v) is 4.44. The number of alkyl halides is 3. The van der Waals surface area contributed by atoms with Crippen molar-refractivity contribution in [3.8, 4) is 11.5 Å². The number of aromatic nitrogens is 2. The fourth-order valence-electron chi connectivity index (χ4n) is 3.03. The Labute approximate surface area is 182 Å². The molecule has 0 unspecified atom stereocenters. The number of hydrogen-bond donors (Lipinski definition) is 2. The van der Waals surface area contributed by atoms with Gasteiger partial charge in [-0.3, -0.25) is 9.89 Å². The van der Waals surface area contributed by atoms with Crippen molar-refractivity contribution in [3.05, 3.63) is 83.4 Å². The van der Waals surface area contributed by atoms with E-state index in [4.69, 9.17) is 4.74 Å². The number of carbonyl (C=O) groups excluding carboxylic acids is 1. The van der Waals surface area contributed by atoms with Gasteiger partial charge in [0.1, 0.15) is 29.7 Å². The quantitative estimate of drug-likeness (QED) is 0.367. The van der Waals surface area contributed by atoms with Gasteiger partial charge in [-0.25, -0.2) is 8.78 Å². The molecule has 0 spiro atoms. The van der Waals surface area contributed by atoms with Crippen LogP contribution in [0.5, 0.6) is 11.5 Å². The molecule has 1 aromatic heterocycles. The molecule has 0 aliphatic heterocycles. The Morgan fingerprint density at radius 1 is 0.939 bits per heavy atom. The maximum Gasteiger partial charge on any atom is 0.573 e. The molecule has 170 valence electrons. The molecule has 0 aliphatic carbocycles. The molecule has 0 saturated heterocycles. The number of aromatic amines is 1. The van der Waals surface area contributed by atoms with Gasteiger partial charge in [0.15, 0.2) is 5.82 Å². The summed E-state index contributed by atoms with van der Waals surface area (Å²) in [7, 11) is 0. The van der Waals surface area contributed by atoms with Gasteiger partial charge in [-0.2, -0.15) is 5.10 Å². The zero-order chi connectivity index (χ0) is 23.6. The summed E-state index contributed by atoms with van der Waals surface area (Å²) in [6, 6.07) is 12.3. The van der Waals surface area contributed by atoms with Crippen LogP contribution in [0.15, 0.2) is 60.7 Å². The lowest BCUT2D eigenvalue weighted by Gasteiger charge is -2.09. The van der Waals surface area contributed by atoms with Crippen LogP contribution < -0.4 is 14.8 Å². The number of H-pyrrole nitrogens is 1. The van der Waals surface area contributed by atoms with Gasteiger partial charge in [0.25, 0.3) is 5.91 Å². The lowest BCUT2D eigenvalue weighted by molar-refractivity contribution is -0.274. The zero-order valence-electron chi connectivity index (χ0n) is 16.5. The number of carbonyl (C=O) groups is 1. The number of hydrogen-bond acceptors (Lipinski definition) is 4. The van der Waals surface area contributed by atoms with Gasteiger partial charge in [0.2, 0.25) is 0 Å². The normalized spacial score (nSPS) is 11.4. The second-order valence-electron chi connectivity index (χ2n) is 6.87. The molecule has 4 rings (SSSR count). The lowest BCUT2D eigenvalue weighted by atomic mass is 10.2. The Kier molecular flexibility index (Phi) is 5.86. The van der Waals surface area contributed by atoms with E-state index in [9.17, 15) is 26.7 Å². The number of fused-ring (bicyclic) bond motifs is 1. The van der Waals surface area contributed by atoms with Crippen LogP contribution in [0.1, 0.15) is 15.9 Å². The number of ether oxygens (including phenoxy) is 2. The Bertz CT molecular complexity index is 1280. The number of amides is 1. The van der Waals surface area contributed by atoms with Crippen molar-refractivity contribution >= 4 is 22.6 Å². The fourth-order valence-corrected chi connectivity index (χ4v) is 3.03. The van der Waals surface area contributed by atoms with E-state index < -0.39 is 29.7 Å². The monoisotopic (exact) mass is 463 g/mol. The highest BCUT2D eigenvalue weighted by Crippen LogP contribution is 2.27. The molecule has 0 radical (unpaired) electrons. The fraction of sp³-hybridized carbons (Fsp3) is 0.0909. The topological polar surface area (TPSA) is 76.2 Å². The van der Waals surface area contributed by atoms with Crippen LogP contribution in [0.2, 0.25) is 0 Å². The summed E-state index contributed by atoms with van der Waals surface area (Å²) < 4.78 is 72.8. The lowest BCUT2D eigenvalue weighted by Crippen LogP contribution is -2.17. The van der Waals surface area contributed by atoms with Crippen molar-refractivity contribution in [1.82, 2.24) is 10.2 Å². The number of halogens is 5. The summed E-state index contributed by atoms with van der Waals surface area (Å²) in [5.41, 5.74) is 0.954. The van der Waals surface area contributed by atoms with Gasteiger partial charge in [-0.05, 0) is 60.2 Å². The summed E-state index contributed by atoms with van der Waals surface area (Å²) >= 11 is 0. The van der Waals surface area contributed by atoms with E-state index in [0.29, 0.717) is 22.2 Å². The Morgan fingerprint density at radius 3 is 2.27 bits per heavy atom. The van der Waals surface area contributed by atoms with Crippen molar-refractivity contribution in [3.63, 3.8) is 0 Å². The maximum absolute atomic E-state index is 13.3. The van der Waals surface area contributed by atoms with Crippen LogP contribution >= 0.6 is 0 Å². The minimum Gasteiger partial charge on any atom is -0.489 e. The number of anilines is 1. The van der Waals surface area contributed by atoms with Gasteiger partial charge in [0, 0.05) is 17.0 Å². The van der Waals surface area contributed by atoms with Crippen LogP contribution in [-0.4, -0.2) is 22.5 Å². The van der Waals surface area contributed by atoms with Crippen molar-refractivity contribution in [2.75, 3.05) is 5.32 Å². The van der Waals surface area contributed by atoms with E-state index in [0.717, 1.165) is 30.3 Å². The summed E-state index contributed by atoms with van der Waals surface area (Å²) in [5.74, 6) is -1.98. The van der Waals surface area contributed by atoms with Gasteiger partial charge in [0.05, 0.1) is 5.52 Å². The number of benzene rings is 3. The first kappa shape index (κ1) is 22.1. The van der Waals surface area contributed by atoms with Crippen LogP contribution in [0, 0.1) is 11.6 Å². The number of rotatable bonds is 6. The van der Waals surface area contributed by atoms with E-state index in [1.807, 2.05) is 0 Å². The van der Waals surface area contributed by atoms with Gasteiger partial charge < -0.3 is 14.8 Å². The highest BCUT2D eigenvalue weighted by atomic mass is 19.4. The van der Waals surface area contributed by atoms with Crippen LogP contribution in [0.25, 0.3) is 10.9 Å². The van der Waals surface area contributed by atoms with Crippen LogP contribution in [0.3, 0.4) is 0 Å². The highest BCUT2D eigenvalue weighted by molar-refractivity contribution is 6.08. The van der Waals surface area contributed by atoms with Crippen molar-refractivity contribution in [2.45, 2.75) is 13.0 Å². The molecule has 1 heterocycles. The van der Waals surface area contributed by atoms with Crippen molar-refractivity contribution in [2.24, 2.45) is 0 Å². The summed E-state index contributed by atoms with van der Waals surface area (Å²) in [5, 5.41) is 9.81. The highest BCUT2D eigenvalue weighted by Gasteiger charge is 2.31. The summed E-state index contributed by atoms with van der Waals surface area (Å²) in [4.78, 5) is 12.5. The molecule has 0 aliphatic rings. The zero-order valence-corrected chi connectivity index (χ0v) is 16.5. The Morgan fingerprint density at radius 2 is 1.61 bits per heavy atom. The maximum atomic E-state index is 13.3. The number of nitrogens with one attached hydrogen (secondary N) is 2. The average Bonchev–Trinajstić information content (AvgIpc) is 3.13. The second kappa shape index (κ2) is 8.77. The van der Waals surface area contributed by atoms with Crippen LogP contribution in [0.4, 0.5) is 27.8 Å². The van der Waals surface area contributed by atoms with Crippen LogP contribution in [-0.2, 0) is 6.61 Å². The van der Waals surface area contributed by atoms with E-state index in [2.05, 4.69) is 20.3 Å². The molecule has 2 N–H and O–H groups in total. The first-order valence-corrected chi connectivity index (χ1v) is 9.39. The minimum absolute atomic E-state index is 0.0845. The third kappa shape index (κ3) is 5.56. The molecule has 0 saturated carbocycles. The standard InChI is InChI=1S/C22H14F5N3O3/c23-14-7-12(8-15(24)9-14)11-32-17-5-6-19-18(10-17)20(30-29-19)28-21(31)13-1-3-16(4-2-13)33-22(25,26)27/h1-10H,11H2,(H2,28,29,30,31). The summed E-state index contributed by atoms with van der Waals surface area (Å²) in [6.45, 7) is -0.0912. The molecule has 3 aromatic carbocycles. The molecule has 6 nitrogen and oxygen atoms in total. The molecular weight excluding hydrogens is 449 g/mol. The molecule has 1 amide bonds. The van der Waals surface area contributed by atoms with E-state index in [-0.39, 0.29) is 18.0 Å². The van der Waals surface area contributed by atoms with Crippen molar-refractivity contribution < 1.29 is 36.2 Å². The van der Waals surface area contributed by atoms with Gasteiger partial charge in [-0.1, -0.05) is 0 Å². The second-order valence-corrected chi connectivity index (χ2v) is 6.87. The number of nitrogens with zero attached hydrogens (tertiary/aromatic N) is 1. The van der Waals surface area contributed by atoms with E-state index in [1.54, 1.807) is 18.2 Å². The smallest absolute Gasteiger partial charge is 0.489 e. The van der Waals surface area contributed by atoms with Crippen molar-refractivity contribution in [1.29, 1.82) is 0 Å². The largest absolute Gasteiger partial charge is 0.573 e. The molecule has 0 bridgehead atoms. The molecule has 0 atom stereocenters. The van der Waals surface area contributed by atoms with Gasteiger partial charge >= 0.3 is 6.36 Å². The summed E-state index contributed by atoms with van der Waals surface area (Å²) in [6.07, 6.45) is -4.83. The van der Waals surface area contributed by atoms with Gasteiger partial charge in [-0.15, -0.1) is 13.2 Å². The van der Waals surface area contributed by atoms with E-state index in [1.165, 1.54) is 12.1 Å². The molecule has 33 heavy (non-hydrogen) atoms. The SMILES string of the molecule is O=C(Nc1n[nH]c2ccc(OCc3cc(F)cc(F)c3)cc12)c1ccc(OC(F)(F)F)cc1. The first-order valence-electron chi connectivity index (χ1n) is 9.39. The predicted octanol–water partition coefficient (Wildman–Crippen LogP) is 5.57. The minimum atomic E-state index is -4.83.